The van der Waals surface area contributed by atoms with Crippen LogP contribution in [0.2, 0.25) is 0 Å². The third-order valence-electron chi connectivity index (χ3n) is 3.37. The first kappa shape index (κ1) is 14.4. The highest BCUT2D eigenvalue weighted by Crippen LogP contribution is 2.32. The average Bonchev–Trinajstić information content (AvgIpc) is 2.42. The van der Waals surface area contributed by atoms with E-state index in [0.29, 0.717) is 13.2 Å². The van der Waals surface area contributed by atoms with Crippen molar-refractivity contribution in [3.05, 3.63) is 35.4 Å². The fraction of sp³-hybridized carbons (Fsp3) is 0.467. The van der Waals surface area contributed by atoms with Crippen molar-refractivity contribution in [2.75, 3.05) is 20.2 Å². The number of hydrogen-bond acceptors (Lipinski definition) is 4. The third-order valence-corrected chi connectivity index (χ3v) is 3.37. The summed E-state index contributed by atoms with van der Waals surface area (Å²) >= 11 is 0. The number of benzene rings is 1. The SMILES string of the molecule is CCOC(=O)[C@H]1CN(C)C(=O)O[C@@H]1c1ccc(C)cc1. The second kappa shape index (κ2) is 5.94. The zero-order valence-corrected chi connectivity index (χ0v) is 12.0. The zero-order valence-electron chi connectivity index (χ0n) is 12.0. The number of cyclic esters (lactones) is 1. The summed E-state index contributed by atoms with van der Waals surface area (Å²) in [5, 5.41) is 0. The third kappa shape index (κ3) is 2.92. The number of amides is 1. The van der Waals surface area contributed by atoms with Gasteiger partial charge in [-0.25, -0.2) is 4.79 Å². The van der Waals surface area contributed by atoms with E-state index in [9.17, 15) is 9.59 Å². The van der Waals surface area contributed by atoms with Crippen LogP contribution < -0.4 is 0 Å². The van der Waals surface area contributed by atoms with Gasteiger partial charge in [-0.2, -0.15) is 0 Å². The Hall–Kier alpha value is -2.04. The minimum absolute atomic E-state index is 0.302. The number of carbonyl (C=O) groups is 2. The largest absolute Gasteiger partial charge is 0.466 e. The van der Waals surface area contributed by atoms with Gasteiger partial charge in [0.25, 0.3) is 0 Å². The lowest BCUT2D eigenvalue weighted by molar-refractivity contribution is -0.155. The van der Waals surface area contributed by atoms with Crippen LogP contribution in [0.4, 0.5) is 4.79 Å². The van der Waals surface area contributed by atoms with Gasteiger partial charge in [0, 0.05) is 13.6 Å². The van der Waals surface area contributed by atoms with E-state index in [1.807, 2.05) is 31.2 Å². The van der Waals surface area contributed by atoms with Gasteiger partial charge in [0.2, 0.25) is 0 Å². The summed E-state index contributed by atoms with van der Waals surface area (Å²) in [6.07, 6.45) is -1.01. The fourth-order valence-corrected chi connectivity index (χ4v) is 2.25. The van der Waals surface area contributed by atoms with Crippen LogP contribution in [-0.4, -0.2) is 37.2 Å². The van der Waals surface area contributed by atoms with Crippen molar-refractivity contribution in [2.24, 2.45) is 5.92 Å². The maximum absolute atomic E-state index is 12.1. The van der Waals surface area contributed by atoms with Crippen molar-refractivity contribution in [1.82, 2.24) is 4.90 Å². The van der Waals surface area contributed by atoms with Crippen LogP contribution in [0.3, 0.4) is 0 Å². The van der Waals surface area contributed by atoms with Crippen molar-refractivity contribution < 1.29 is 19.1 Å². The molecule has 0 aliphatic carbocycles. The van der Waals surface area contributed by atoms with E-state index < -0.39 is 18.1 Å². The summed E-state index contributed by atoms with van der Waals surface area (Å²) in [5.74, 6) is -0.835. The van der Waals surface area contributed by atoms with Crippen molar-refractivity contribution in [1.29, 1.82) is 0 Å². The summed E-state index contributed by atoms with van der Waals surface area (Å²) < 4.78 is 10.5. The Bertz CT molecular complexity index is 497. The quantitative estimate of drug-likeness (QED) is 0.795. The van der Waals surface area contributed by atoms with Gasteiger partial charge in [0.15, 0.2) is 0 Å². The predicted octanol–water partition coefficient (Wildman–Crippen LogP) is 2.30. The summed E-state index contributed by atoms with van der Waals surface area (Å²) in [4.78, 5) is 25.2. The summed E-state index contributed by atoms with van der Waals surface area (Å²) in [6.45, 7) is 4.36. The van der Waals surface area contributed by atoms with E-state index in [1.165, 1.54) is 4.90 Å². The van der Waals surface area contributed by atoms with Gasteiger partial charge in [-0.1, -0.05) is 29.8 Å². The minimum atomic E-state index is -0.585. The molecule has 20 heavy (non-hydrogen) atoms. The Balaban J connectivity index is 2.27. The molecule has 2 atom stereocenters. The molecule has 0 spiro atoms. The maximum Gasteiger partial charge on any atom is 0.410 e. The van der Waals surface area contributed by atoms with Gasteiger partial charge in [-0.15, -0.1) is 0 Å². The Morgan fingerprint density at radius 3 is 2.65 bits per heavy atom. The van der Waals surface area contributed by atoms with Crippen molar-refractivity contribution in [3.63, 3.8) is 0 Å². The molecule has 2 rings (SSSR count). The molecule has 5 heteroatoms. The van der Waals surface area contributed by atoms with E-state index in [0.717, 1.165) is 11.1 Å². The number of esters is 1. The van der Waals surface area contributed by atoms with Crippen LogP contribution in [0.15, 0.2) is 24.3 Å². The highest BCUT2D eigenvalue weighted by atomic mass is 16.6. The molecule has 1 aliphatic heterocycles. The molecular formula is C15H19NO4. The molecule has 1 aromatic rings. The standard InChI is InChI=1S/C15H19NO4/c1-4-19-14(17)12-9-16(3)15(18)20-13(12)11-7-5-10(2)6-8-11/h5-8,12-13H,4,9H2,1-3H3/t12-,13+/m0/s1. The minimum Gasteiger partial charge on any atom is -0.466 e. The Morgan fingerprint density at radius 1 is 1.40 bits per heavy atom. The first-order valence-electron chi connectivity index (χ1n) is 6.68. The van der Waals surface area contributed by atoms with E-state index in [4.69, 9.17) is 9.47 Å². The number of rotatable bonds is 3. The molecule has 1 fully saturated rings. The normalized spacial score (nSPS) is 22.4. The van der Waals surface area contributed by atoms with Crippen molar-refractivity contribution in [2.45, 2.75) is 20.0 Å². The molecule has 1 heterocycles. The fourth-order valence-electron chi connectivity index (χ4n) is 2.25. The van der Waals surface area contributed by atoms with Crippen molar-refractivity contribution in [3.8, 4) is 0 Å². The molecule has 0 radical (unpaired) electrons. The first-order valence-corrected chi connectivity index (χ1v) is 6.68. The molecule has 0 unspecified atom stereocenters. The molecule has 0 N–H and O–H groups in total. The maximum atomic E-state index is 12.1. The van der Waals surface area contributed by atoms with Crippen LogP contribution >= 0.6 is 0 Å². The average molecular weight is 277 g/mol. The second-order valence-corrected chi connectivity index (χ2v) is 4.95. The molecule has 1 saturated heterocycles. The van der Waals surface area contributed by atoms with Crippen LogP contribution in [0, 0.1) is 12.8 Å². The number of hydrogen-bond donors (Lipinski definition) is 0. The van der Waals surface area contributed by atoms with E-state index in [-0.39, 0.29) is 5.97 Å². The van der Waals surface area contributed by atoms with Crippen LogP contribution in [-0.2, 0) is 14.3 Å². The molecule has 0 aromatic heterocycles. The predicted molar refractivity (Wildman–Crippen MR) is 73.2 cm³/mol. The van der Waals surface area contributed by atoms with Gasteiger partial charge >= 0.3 is 12.1 Å². The van der Waals surface area contributed by atoms with E-state index >= 15 is 0 Å². The van der Waals surface area contributed by atoms with Gasteiger partial charge in [0.1, 0.15) is 12.0 Å². The number of nitrogens with zero attached hydrogens (tertiary/aromatic N) is 1. The number of carbonyl (C=O) groups excluding carboxylic acids is 2. The highest BCUT2D eigenvalue weighted by Gasteiger charge is 2.40. The highest BCUT2D eigenvalue weighted by molar-refractivity contribution is 5.77. The molecule has 1 aromatic carbocycles. The van der Waals surface area contributed by atoms with Gasteiger partial charge in [0.05, 0.1) is 6.61 Å². The molecule has 0 bridgehead atoms. The monoisotopic (exact) mass is 277 g/mol. The lowest BCUT2D eigenvalue weighted by Crippen LogP contribution is -2.45. The van der Waals surface area contributed by atoms with Crippen LogP contribution in [0.1, 0.15) is 24.2 Å². The zero-order chi connectivity index (χ0) is 14.7. The number of aryl methyl sites for hydroxylation is 1. The summed E-state index contributed by atoms with van der Waals surface area (Å²) in [5.41, 5.74) is 1.93. The smallest absolute Gasteiger partial charge is 0.410 e. The van der Waals surface area contributed by atoms with Gasteiger partial charge in [-0.05, 0) is 19.4 Å². The molecule has 1 aliphatic rings. The lowest BCUT2D eigenvalue weighted by Gasteiger charge is -2.35. The molecular weight excluding hydrogens is 258 g/mol. The Labute approximate surface area is 118 Å². The van der Waals surface area contributed by atoms with Crippen LogP contribution in [0.25, 0.3) is 0 Å². The molecule has 1 amide bonds. The van der Waals surface area contributed by atoms with E-state index in [2.05, 4.69) is 0 Å². The summed E-state index contributed by atoms with van der Waals surface area (Å²) in [6, 6.07) is 7.63. The van der Waals surface area contributed by atoms with E-state index in [1.54, 1.807) is 14.0 Å². The molecule has 5 nitrogen and oxygen atoms in total. The van der Waals surface area contributed by atoms with Crippen molar-refractivity contribution >= 4 is 12.1 Å². The van der Waals surface area contributed by atoms with Crippen LogP contribution in [0.5, 0.6) is 0 Å². The first-order chi connectivity index (χ1) is 9.52. The number of ether oxygens (including phenoxy) is 2. The Kier molecular flexibility index (Phi) is 4.27. The molecule has 108 valence electrons. The Morgan fingerprint density at radius 2 is 2.05 bits per heavy atom. The van der Waals surface area contributed by atoms with Gasteiger partial charge < -0.3 is 14.4 Å². The topological polar surface area (TPSA) is 55.8 Å². The van der Waals surface area contributed by atoms with Gasteiger partial charge in [-0.3, -0.25) is 4.79 Å². The second-order valence-electron chi connectivity index (χ2n) is 4.95. The lowest BCUT2D eigenvalue weighted by atomic mass is 9.93. The molecule has 0 saturated carbocycles. The summed E-state index contributed by atoms with van der Waals surface area (Å²) in [7, 11) is 1.61.